The molecule has 3 aromatic carbocycles. The smallest absolute Gasteiger partial charge is 0.355 e. The third-order valence-corrected chi connectivity index (χ3v) is 6.89. The van der Waals surface area contributed by atoms with Crippen LogP contribution in [-0.4, -0.2) is 37.1 Å². The molecule has 4 aromatic rings. The first kappa shape index (κ1) is 26.8. The third-order valence-electron chi connectivity index (χ3n) is 5.23. The van der Waals surface area contributed by atoms with Crippen molar-refractivity contribution in [3.05, 3.63) is 93.8 Å². The number of ether oxygens (including phenoxy) is 2. The van der Waals surface area contributed by atoms with Crippen LogP contribution in [0.5, 0.6) is 11.5 Å². The van der Waals surface area contributed by atoms with E-state index in [2.05, 4.69) is 15.8 Å². The molecule has 2 amide bonds. The Morgan fingerprint density at radius 2 is 1.74 bits per heavy atom. The Kier molecular flexibility index (Phi) is 9.07. The monoisotopic (exact) mass is 549 g/mol. The summed E-state index contributed by atoms with van der Waals surface area (Å²) < 4.78 is 11.9. The lowest BCUT2D eigenvalue weighted by atomic mass is 10.2. The van der Waals surface area contributed by atoms with E-state index in [1.54, 1.807) is 48.5 Å². The van der Waals surface area contributed by atoms with Crippen LogP contribution in [-0.2, 0) is 4.79 Å². The second-order valence-corrected chi connectivity index (χ2v) is 9.45. The molecule has 0 saturated heterocycles. The minimum Gasteiger partial charge on any atom is -0.494 e. The van der Waals surface area contributed by atoms with Crippen molar-refractivity contribution in [1.82, 2.24) is 10.7 Å². The summed E-state index contributed by atoms with van der Waals surface area (Å²) in [6.45, 7) is 2.33. The first-order valence-corrected chi connectivity index (χ1v) is 13.0. The molecule has 8 nitrogen and oxygen atoms in total. The standard InChI is InChI=1S/C28H24ClN3O5S/c1-2-15-36-20-13-11-18(12-14-20)27(34)30-17-24(33)32-31-16-19-7-3-5-9-22(19)37-28(35)26-25(29)21-8-4-6-10-23(21)38-26/h3-14,16H,2,15,17H2,1H3,(H,30,34)(H,32,33)/b31-16+. The molecule has 0 unspecified atom stereocenters. The first-order chi connectivity index (χ1) is 18.5. The van der Waals surface area contributed by atoms with Crippen LogP contribution in [0.15, 0.2) is 77.9 Å². The number of hydrogen-bond donors (Lipinski definition) is 2. The van der Waals surface area contributed by atoms with Crippen LogP contribution in [0.1, 0.15) is 38.9 Å². The zero-order chi connectivity index (χ0) is 26.9. The van der Waals surface area contributed by atoms with E-state index in [0.717, 1.165) is 16.5 Å². The van der Waals surface area contributed by atoms with Gasteiger partial charge in [0.1, 0.15) is 16.4 Å². The third kappa shape index (κ3) is 6.76. The second-order valence-electron chi connectivity index (χ2n) is 8.02. The second kappa shape index (κ2) is 12.8. The molecule has 10 heteroatoms. The van der Waals surface area contributed by atoms with Gasteiger partial charge in [-0.15, -0.1) is 11.3 Å². The molecular formula is C28H24ClN3O5S. The molecule has 0 aliphatic carbocycles. The van der Waals surface area contributed by atoms with E-state index in [1.165, 1.54) is 17.6 Å². The van der Waals surface area contributed by atoms with Gasteiger partial charge in [0.05, 0.1) is 24.4 Å². The number of esters is 1. The number of thiophene rings is 1. The number of benzene rings is 3. The van der Waals surface area contributed by atoms with Crippen LogP contribution in [0, 0.1) is 0 Å². The van der Waals surface area contributed by atoms with E-state index in [0.29, 0.717) is 33.4 Å². The predicted octanol–water partition coefficient (Wildman–Crippen LogP) is 5.44. The van der Waals surface area contributed by atoms with Crippen molar-refractivity contribution in [1.29, 1.82) is 0 Å². The van der Waals surface area contributed by atoms with Crippen LogP contribution in [0.3, 0.4) is 0 Å². The van der Waals surface area contributed by atoms with Gasteiger partial charge in [0.2, 0.25) is 0 Å². The Labute approximate surface area is 228 Å². The summed E-state index contributed by atoms with van der Waals surface area (Å²) in [6, 6.07) is 20.8. The quantitative estimate of drug-likeness (QED) is 0.118. The summed E-state index contributed by atoms with van der Waals surface area (Å²) in [4.78, 5) is 37.6. The van der Waals surface area contributed by atoms with Crippen molar-refractivity contribution in [2.45, 2.75) is 13.3 Å². The normalized spacial score (nSPS) is 10.9. The average molecular weight is 550 g/mol. The van der Waals surface area contributed by atoms with Crippen LogP contribution in [0.4, 0.5) is 0 Å². The first-order valence-electron chi connectivity index (χ1n) is 11.8. The highest BCUT2D eigenvalue weighted by atomic mass is 35.5. The molecule has 0 atom stereocenters. The van der Waals surface area contributed by atoms with Crippen molar-refractivity contribution in [3.63, 3.8) is 0 Å². The molecule has 38 heavy (non-hydrogen) atoms. The maximum absolute atomic E-state index is 12.8. The molecule has 0 radical (unpaired) electrons. The molecule has 0 bridgehead atoms. The molecule has 0 spiro atoms. The number of para-hydroxylation sites is 1. The number of carbonyl (C=O) groups is 3. The van der Waals surface area contributed by atoms with E-state index < -0.39 is 17.8 Å². The highest BCUT2D eigenvalue weighted by molar-refractivity contribution is 7.21. The Bertz CT molecular complexity index is 1480. The topological polar surface area (TPSA) is 106 Å². The van der Waals surface area contributed by atoms with Crippen LogP contribution in [0.25, 0.3) is 10.1 Å². The van der Waals surface area contributed by atoms with Gasteiger partial charge in [0.15, 0.2) is 0 Å². The van der Waals surface area contributed by atoms with Gasteiger partial charge in [-0.3, -0.25) is 9.59 Å². The Morgan fingerprint density at radius 1 is 1.00 bits per heavy atom. The molecule has 2 N–H and O–H groups in total. The maximum Gasteiger partial charge on any atom is 0.355 e. The van der Waals surface area contributed by atoms with Crippen molar-refractivity contribution < 1.29 is 23.9 Å². The SMILES string of the molecule is CCCOc1ccc(C(=O)NCC(=O)N/N=C/c2ccccc2OC(=O)c2sc3ccccc3c2Cl)cc1. The zero-order valence-corrected chi connectivity index (χ0v) is 22.0. The molecule has 194 valence electrons. The minimum absolute atomic E-state index is 0.253. The maximum atomic E-state index is 12.8. The Balaban J connectivity index is 1.31. The van der Waals surface area contributed by atoms with Crippen molar-refractivity contribution in [2.75, 3.05) is 13.2 Å². The number of amides is 2. The van der Waals surface area contributed by atoms with Crippen LogP contribution < -0.4 is 20.2 Å². The molecule has 0 aliphatic rings. The summed E-state index contributed by atoms with van der Waals surface area (Å²) in [5.41, 5.74) is 3.21. The molecule has 0 fully saturated rings. The summed E-state index contributed by atoms with van der Waals surface area (Å²) in [7, 11) is 0. The number of nitrogens with one attached hydrogen (secondary N) is 2. The molecule has 1 aromatic heterocycles. The number of nitrogens with zero attached hydrogens (tertiary/aromatic N) is 1. The van der Waals surface area contributed by atoms with Gasteiger partial charge in [-0.2, -0.15) is 5.10 Å². The van der Waals surface area contributed by atoms with Gasteiger partial charge in [0, 0.05) is 21.2 Å². The Morgan fingerprint density at radius 3 is 2.50 bits per heavy atom. The molecule has 1 heterocycles. The van der Waals surface area contributed by atoms with E-state index in [-0.39, 0.29) is 12.3 Å². The summed E-state index contributed by atoms with van der Waals surface area (Å²) >= 11 is 7.64. The minimum atomic E-state index is -0.589. The van der Waals surface area contributed by atoms with Gasteiger partial charge in [-0.1, -0.05) is 48.9 Å². The number of hydrazone groups is 1. The van der Waals surface area contributed by atoms with E-state index in [4.69, 9.17) is 21.1 Å². The average Bonchev–Trinajstić information content (AvgIpc) is 3.28. The number of rotatable bonds is 10. The molecule has 0 saturated carbocycles. The van der Waals surface area contributed by atoms with Crippen molar-refractivity contribution in [3.8, 4) is 11.5 Å². The number of hydrogen-bond acceptors (Lipinski definition) is 7. The zero-order valence-electron chi connectivity index (χ0n) is 20.4. The van der Waals surface area contributed by atoms with E-state index in [9.17, 15) is 14.4 Å². The predicted molar refractivity (Wildman–Crippen MR) is 149 cm³/mol. The fourth-order valence-corrected chi connectivity index (χ4v) is 4.75. The van der Waals surface area contributed by atoms with Crippen LogP contribution in [0.2, 0.25) is 5.02 Å². The van der Waals surface area contributed by atoms with Gasteiger partial charge >= 0.3 is 5.97 Å². The molecular weight excluding hydrogens is 526 g/mol. The van der Waals surface area contributed by atoms with Gasteiger partial charge < -0.3 is 14.8 Å². The van der Waals surface area contributed by atoms with E-state index >= 15 is 0 Å². The highest BCUT2D eigenvalue weighted by Crippen LogP contribution is 2.36. The summed E-state index contributed by atoms with van der Waals surface area (Å²) in [5, 5.41) is 7.58. The lowest BCUT2D eigenvalue weighted by Gasteiger charge is -2.07. The fourth-order valence-electron chi connectivity index (χ4n) is 3.37. The van der Waals surface area contributed by atoms with Gasteiger partial charge in [-0.05, 0) is 48.9 Å². The number of halogens is 1. The molecule has 0 aliphatic heterocycles. The molecule has 4 rings (SSSR count). The van der Waals surface area contributed by atoms with Crippen LogP contribution >= 0.6 is 22.9 Å². The number of carbonyl (C=O) groups excluding carboxylic acids is 3. The Hall–Kier alpha value is -4.21. The largest absolute Gasteiger partial charge is 0.494 e. The van der Waals surface area contributed by atoms with Gasteiger partial charge in [0.25, 0.3) is 11.8 Å². The van der Waals surface area contributed by atoms with Crippen molar-refractivity contribution >= 4 is 57.0 Å². The summed E-state index contributed by atoms with van der Waals surface area (Å²) in [5.74, 6) is -0.585. The lowest BCUT2D eigenvalue weighted by molar-refractivity contribution is -0.120. The fraction of sp³-hybridized carbons (Fsp3) is 0.143. The number of fused-ring (bicyclic) bond motifs is 1. The summed E-state index contributed by atoms with van der Waals surface area (Å²) in [6.07, 6.45) is 2.24. The van der Waals surface area contributed by atoms with Crippen molar-refractivity contribution in [2.24, 2.45) is 5.10 Å². The van der Waals surface area contributed by atoms with Gasteiger partial charge in [-0.25, -0.2) is 10.2 Å². The van der Waals surface area contributed by atoms with E-state index in [1.807, 2.05) is 31.2 Å². The highest BCUT2D eigenvalue weighted by Gasteiger charge is 2.19. The lowest BCUT2D eigenvalue weighted by Crippen LogP contribution is -2.34.